The zero-order valence-electron chi connectivity index (χ0n) is 11.0. The van der Waals surface area contributed by atoms with E-state index < -0.39 is 0 Å². The minimum absolute atomic E-state index is 0.559. The Hall–Kier alpha value is -1.55. The number of nitrogens with zero attached hydrogens (tertiary/aromatic N) is 1. The predicted octanol–water partition coefficient (Wildman–Crippen LogP) is 3.30. The summed E-state index contributed by atoms with van der Waals surface area (Å²) in [6.07, 6.45) is 1.10. The van der Waals surface area contributed by atoms with E-state index in [9.17, 15) is 0 Å². The van der Waals surface area contributed by atoms with Gasteiger partial charge in [-0.2, -0.15) is 4.98 Å². The van der Waals surface area contributed by atoms with Gasteiger partial charge in [0, 0.05) is 13.2 Å². The Morgan fingerprint density at radius 3 is 2.89 bits per heavy atom. The lowest BCUT2D eigenvalue weighted by Gasteiger charge is -2.06. The lowest BCUT2D eigenvalue weighted by atomic mass is 10.1. The van der Waals surface area contributed by atoms with E-state index in [4.69, 9.17) is 9.15 Å². The van der Waals surface area contributed by atoms with Crippen molar-refractivity contribution >= 4 is 17.1 Å². The third-order valence-corrected chi connectivity index (χ3v) is 2.66. The van der Waals surface area contributed by atoms with E-state index in [0.29, 0.717) is 25.1 Å². The number of hydrogen-bond acceptors (Lipinski definition) is 4. The highest BCUT2D eigenvalue weighted by Gasteiger charge is 2.03. The standard InChI is InChI=1S/C14H20N2O2/c1-11(2)7-9-17-10-8-15-14-16-12-5-3-4-6-13(12)18-14/h3-6,11H,7-10H2,1-2H3,(H,15,16). The van der Waals surface area contributed by atoms with Crippen molar-refractivity contribution < 1.29 is 9.15 Å². The van der Waals surface area contributed by atoms with Crippen LogP contribution in [0, 0.1) is 5.92 Å². The second-order valence-electron chi connectivity index (χ2n) is 4.71. The third kappa shape index (κ3) is 3.74. The van der Waals surface area contributed by atoms with Crippen LogP contribution in [0.4, 0.5) is 6.01 Å². The number of rotatable bonds is 7. The summed E-state index contributed by atoms with van der Waals surface area (Å²) in [5, 5.41) is 3.12. The van der Waals surface area contributed by atoms with Crippen molar-refractivity contribution in [2.45, 2.75) is 20.3 Å². The molecule has 2 rings (SSSR count). The molecule has 4 heteroatoms. The Kier molecular flexibility index (Phi) is 4.59. The quantitative estimate of drug-likeness (QED) is 0.764. The second kappa shape index (κ2) is 6.40. The van der Waals surface area contributed by atoms with E-state index in [1.807, 2.05) is 24.3 Å². The van der Waals surface area contributed by atoms with E-state index in [2.05, 4.69) is 24.1 Å². The number of ether oxygens (including phenoxy) is 1. The number of benzene rings is 1. The van der Waals surface area contributed by atoms with Crippen LogP contribution in [0.5, 0.6) is 0 Å². The molecule has 1 aromatic carbocycles. The van der Waals surface area contributed by atoms with Gasteiger partial charge in [0.05, 0.1) is 6.61 Å². The molecule has 0 amide bonds. The minimum atomic E-state index is 0.559. The van der Waals surface area contributed by atoms with Crippen LogP contribution in [0.25, 0.3) is 11.1 Å². The SMILES string of the molecule is CC(C)CCOCCNc1nc2ccccc2o1. The van der Waals surface area contributed by atoms with Crippen LogP contribution in [-0.4, -0.2) is 24.7 Å². The summed E-state index contributed by atoms with van der Waals surface area (Å²) >= 11 is 0. The summed E-state index contributed by atoms with van der Waals surface area (Å²) in [6, 6.07) is 8.29. The fourth-order valence-corrected chi connectivity index (χ4v) is 1.60. The molecular formula is C14H20N2O2. The van der Waals surface area contributed by atoms with Gasteiger partial charge in [-0.1, -0.05) is 26.0 Å². The van der Waals surface area contributed by atoms with Crippen molar-refractivity contribution in [1.29, 1.82) is 0 Å². The molecule has 0 fully saturated rings. The largest absolute Gasteiger partial charge is 0.424 e. The molecule has 0 saturated heterocycles. The molecule has 0 spiro atoms. The molecular weight excluding hydrogens is 228 g/mol. The molecule has 0 aliphatic rings. The van der Waals surface area contributed by atoms with Crippen LogP contribution < -0.4 is 5.32 Å². The number of aromatic nitrogens is 1. The number of oxazole rings is 1. The first kappa shape index (κ1) is 12.9. The summed E-state index contributed by atoms with van der Waals surface area (Å²) in [5.74, 6) is 0.690. The van der Waals surface area contributed by atoms with Gasteiger partial charge in [-0.15, -0.1) is 0 Å². The van der Waals surface area contributed by atoms with Crippen LogP contribution in [0.2, 0.25) is 0 Å². The monoisotopic (exact) mass is 248 g/mol. The van der Waals surface area contributed by atoms with Gasteiger partial charge in [0.25, 0.3) is 6.01 Å². The zero-order chi connectivity index (χ0) is 12.8. The van der Waals surface area contributed by atoms with Crippen molar-refractivity contribution in [2.75, 3.05) is 25.1 Å². The van der Waals surface area contributed by atoms with Crippen LogP contribution in [0.3, 0.4) is 0 Å². The number of nitrogens with one attached hydrogen (secondary N) is 1. The molecule has 4 nitrogen and oxygen atoms in total. The Morgan fingerprint density at radius 2 is 2.11 bits per heavy atom. The van der Waals surface area contributed by atoms with E-state index >= 15 is 0 Å². The van der Waals surface area contributed by atoms with Crippen LogP contribution in [0.15, 0.2) is 28.7 Å². The van der Waals surface area contributed by atoms with Crippen LogP contribution in [-0.2, 0) is 4.74 Å². The third-order valence-electron chi connectivity index (χ3n) is 2.66. The first-order chi connectivity index (χ1) is 8.75. The topological polar surface area (TPSA) is 47.3 Å². The Bertz CT molecular complexity index is 446. The number of fused-ring (bicyclic) bond motifs is 1. The summed E-state index contributed by atoms with van der Waals surface area (Å²) in [5.41, 5.74) is 1.68. The predicted molar refractivity (Wildman–Crippen MR) is 72.8 cm³/mol. The minimum Gasteiger partial charge on any atom is -0.424 e. The maximum atomic E-state index is 5.54. The molecule has 1 heterocycles. The second-order valence-corrected chi connectivity index (χ2v) is 4.71. The average Bonchev–Trinajstić information content (AvgIpc) is 2.75. The molecule has 98 valence electrons. The van der Waals surface area contributed by atoms with Crippen molar-refractivity contribution in [3.05, 3.63) is 24.3 Å². The first-order valence-corrected chi connectivity index (χ1v) is 6.43. The molecule has 1 N–H and O–H groups in total. The van der Waals surface area contributed by atoms with Gasteiger partial charge in [0.15, 0.2) is 5.58 Å². The fourth-order valence-electron chi connectivity index (χ4n) is 1.60. The van der Waals surface area contributed by atoms with Gasteiger partial charge in [0.1, 0.15) is 5.52 Å². The normalized spacial score (nSPS) is 11.3. The van der Waals surface area contributed by atoms with E-state index in [1.165, 1.54) is 0 Å². The summed E-state index contributed by atoms with van der Waals surface area (Å²) in [7, 11) is 0. The average molecular weight is 248 g/mol. The van der Waals surface area contributed by atoms with E-state index in [-0.39, 0.29) is 0 Å². The Morgan fingerprint density at radius 1 is 1.28 bits per heavy atom. The Labute approximate surface area is 107 Å². The zero-order valence-corrected chi connectivity index (χ0v) is 11.0. The smallest absolute Gasteiger partial charge is 0.295 e. The number of para-hydroxylation sites is 2. The highest BCUT2D eigenvalue weighted by molar-refractivity contribution is 5.74. The molecule has 2 aromatic rings. The molecule has 0 radical (unpaired) electrons. The maximum absolute atomic E-state index is 5.54. The molecule has 18 heavy (non-hydrogen) atoms. The fraction of sp³-hybridized carbons (Fsp3) is 0.500. The van der Waals surface area contributed by atoms with Crippen molar-refractivity contribution in [3.8, 4) is 0 Å². The van der Waals surface area contributed by atoms with Gasteiger partial charge >= 0.3 is 0 Å². The van der Waals surface area contributed by atoms with E-state index in [1.54, 1.807) is 0 Å². The summed E-state index contributed by atoms with van der Waals surface area (Å²) in [4.78, 5) is 4.33. The lowest BCUT2D eigenvalue weighted by molar-refractivity contribution is 0.132. The number of hydrogen-bond donors (Lipinski definition) is 1. The number of anilines is 1. The molecule has 0 unspecified atom stereocenters. The van der Waals surface area contributed by atoms with Crippen molar-refractivity contribution in [2.24, 2.45) is 5.92 Å². The highest BCUT2D eigenvalue weighted by Crippen LogP contribution is 2.17. The van der Waals surface area contributed by atoms with Gasteiger partial charge in [-0.3, -0.25) is 0 Å². The van der Waals surface area contributed by atoms with Crippen molar-refractivity contribution in [3.63, 3.8) is 0 Å². The highest BCUT2D eigenvalue weighted by atomic mass is 16.5. The van der Waals surface area contributed by atoms with Crippen LogP contribution >= 0.6 is 0 Å². The van der Waals surface area contributed by atoms with Crippen LogP contribution in [0.1, 0.15) is 20.3 Å². The first-order valence-electron chi connectivity index (χ1n) is 6.43. The molecule has 0 bridgehead atoms. The molecule has 1 aromatic heterocycles. The molecule has 0 atom stereocenters. The summed E-state index contributed by atoms with van der Waals surface area (Å²) < 4.78 is 11.0. The van der Waals surface area contributed by atoms with Crippen molar-refractivity contribution in [1.82, 2.24) is 4.98 Å². The lowest BCUT2D eigenvalue weighted by Crippen LogP contribution is -2.10. The van der Waals surface area contributed by atoms with Gasteiger partial charge in [-0.05, 0) is 24.5 Å². The van der Waals surface area contributed by atoms with Gasteiger partial charge in [-0.25, -0.2) is 0 Å². The molecule has 0 aliphatic carbocycles. The Balaban J connectivity index is 1.70. The molecule has 0 aliphatic heterocycles. The van der Waals surface area contributed by atoms with E-state index in [0.717, 1.165) is 24.1 Å². The summed E-state index contributed by atoms with van der Waals surface area (Å²) in [6.45, 7) is 6.59. The van der Waals surface area contributed by atoms with Gasteiger partial charge < -0.3 is 14.5 Å². The van der Waals surface area contributed by atoms with Gasteiger partial charge in [0.2, 0.25) is 0 Å². The molecule has 0 saturated carbocycles. The maximum Gasteiger partial charge on any atom is 0.295 e.